The molecule has 0 spiro atoms. The summed E-state index contributed by atoms with van der Waals surface area (Å²) in [6, 6.07) is 9.43. The van der Waals surface area contributed by atoms with E-state index in [9.17, 15) is 4.79 Å². The number of carbonyl (C=O) groups is 1. The summed E-state index contributed by atoms with van der Waals surface area (Å²) in [5.74, 6) is 0.208. The van der Waals surface area contributed by atoms with Crippen LogP contribution in [0, 0.1) is 0 Å². The summed E-state index contributed by atoms with van der Waals surface area (Å²) >= 11 is 0. The molecule has 0 saturated heterocycles. The fourth-order valence-electron chi connectivity index (χ4n) is 1.45. The summed E-state index contributed by atoms with van der Waals surface area (Å²) in [5, 5.41) is 0. The van der Waals surface area contributed by atoms with Crippen molar-refractivity contribution < 1.29 is 9.53 Å². The van der Waals surface area contributed by atoms with E-state index in [2.05, 4.69) is 6.92 Å². The van der Waals surface area contributed by atoms with Crippen molar-refractivity contribution in [2.24, 2.45) is 0 Å². The minimum Gasteiger partial charge on any atom is -0.381 e. The predicted molar refractivity (Wildman–Crippen MR) is 65.7 cm³/mol. The van der Waals surface area contributed by atoms with Crippen molar-refractivity contribution >= 4 is 5.78 Å². The highest BCUT2D eigenvalue weighted by atomic mass is 16.5. The molecule has 0 unspecified atom stereocenters. The van der Waals surface area contributed by atoms with Crippen molar-refractivity contribution in [3.63, 3.8) is 0 Å². The molecule has 1 aromatic carbocycles. The van der Waals surface area contributed by atoms with E-state index in [0.717, 1.165) is 31.4 Å². The van der Waals surface area contributed by atoms with Crippen molar-refractivity contribution in [3.05, 3.63) is 35.9 Å². The molecule has 0 radical (unpaired) electrons. The second kappa shape index (κ2) is 8.05. The van der Waals surface area contributed by atoms with Crippen LogP contribution in [0.3, 0.4) is 0 Å². The largest absolute Gasteiger partial charge is 0.381 e. The highest BCUT2D eigenvalue weighted by molar-refractivity contribution is 5.95. The first kappa shape index (κ1) is 12.9. The van der Waals surface area contributed by atoms with Gasteiger partial charge in [-0.3, -0.25) is 4.79 Å². The van der Waals surface area contributed by atoms with Gasteiger partial charge in [-0.05, 0) is 12.8 Å². The minimum atomic E-state index is 0.208. The highest BCUT2D eigenvalue weighted by Crippen LogP contribution is 2.05. The third-order valence-corrected chi connectivity index (χ3v) is 2.43. The molecule has 2 heteroatoms. The zero-order valence-electron chi connectivity index (χ0n) is 9.95. The number of carbonyl (C=O) groups excluding carboxylic acids is 1. The lowest BCUT2D eigenvalue weighted by Crippen LogP contribution is -2.02. The Balaban J connectivity index is 2.12. The van der Waals surface area contributed by atoms with Gasteiger partial charge in [-0.25, -0.2) is 0 Å². The Morgan fingerprint density at radius 3 is 2.50 bits per heavy atom. The van der Waals surface area contributed by atoms with Crippen LogP contribution in [0.4, 0.5) is 0 Å². The van der Waals surface area contributed by atoms with Gasteiger partial charge in [-0.1, -0.05) is 43.7 Å². The Morgan fingerprint density at radius 1 is 1.12 bits per heavy atom. The van der Waals surface area contributed by atoms with Crippen molar-refractivity contribution in [2.45, 2.75) is 32.6 Å². The van der Waals surface area contributed by atoms with E-state index in [1.807, 2.05) is 30.3 Å². The molecule has 0 atom stereocenters. The van der Waals surface area contributed by atoms with Crippen molar-refractivity contribution in [3.8, 4) is 0 Å². The second-order valence-corrected chi connectivity index (χ2v) is 3.86. The van der Waals surface area contributed by atoms with Gasteiger partial charge in [0, 0.05) is 25.2 Å². The number of benzene rings is 1. The number of ketones is 1. The third kappa shape index (κ3) is 5.08. The third-order valence-electron chi connectivity index (χ3n) is 2.43. The van der Waals surface area contributed by atoms with Crippen molar-refractivity contribution in [1.29, 1.82) is 0 Å². The summed E-state index contributed by atoms with van der Waals surface area (Å²) in [4.78, 5) is 11.7. The maximum absolute atomic E-state index is 11.7. The number of hydrogen-bond donors (Lipinski definition) is 0. The Kier molecular flexibility index (Phi) is 6.50. The van der Waals surface area contributed by atoms with Crippen LogP contribution in [0.15, 0.2) is 30.3 Å². The molecule has 88 valence electrons. The molecule has 0 amide bonds. The molecule has 0 N–H and O–H groups in total. The summed E-state index contributed by atoms with van der Waals surface area (Å²) in [6.45, 7) is 3.65. The summed E-state index contributed by atoms with van der Waals surface area (Å²) in [7, 11) is 0. The van der Waals surface area contributed by atoms with Gasteiger partial charge in [0.2, 0.25) is 0 Å². The average molecular weight is 220 g/mol. The van der Waals surface area contributed by atoms with Gasteiger partial charge >= 0.3 is 0 Å². The van der Waals surface area contributed by atoms with E-state index in [4.69, 9.17) is 4.74 Å². The molecular formula is C14H20O2. The van der Waals surface area contributed by atoms with Gasteiger partial charge in [-0.15, -0.1) is 0 Å². The van der Waals surface area contributed by atoms with Crippen LogP contribution in [0.5, 0.6) is 0 Å². The first-order valence-electron chi connectivity index (χ1n) is 6.00. The Bertz CT molecular complexity index is 293. The fourth-order valence-corrected chi connectivity index (χ4v) is 1.45. The lowest BCUT2D eigenvalue weighted by atomic mass is 10.1. The molecule has 1 aromatic rings. The normalized spacial score (nSPS) is 10.3. The lowest BCUT2D eigenvalue weighted by molar-refractivity contribution is 0.0935. The van der Waals surface area contributed by atoms with E-state index in [0.29, 0.717) is 13.0 Å². The molecule has 16 heavy (non-hydrogen) atoms. The minimum absolute atomic E-state index is 0.208. The fraction of sp³-hybridized carbons (Fsp3) is 0.500. The molecule has 2 nitrogen and oxygen atoms in total. The standard InChI is InChI=1S/C14H20O2/c1-2-3-11-16-12-7-10-14(15)13-8-5-4-6-9-13/h4-6,8-9H,2-3,7,10-12H2,1H3. The van der Waals surface area contributed by atoms with Crippen molar-refractivity contribution in [1.82, 2.24) is 0 Å². The zero-order chi connectivity index (χ0) is 11.6. The molecule has 0 heterocycles. The SMILES string of the molecule is CCCCOCCCC(=O)c1ccccc1. The second-order valence-electron chi connectivity index (χ2n) is 3.86. The number of hydrogen-bond acceptors (Lipinski definition) is 2. The molecule has 0 aromatic heterocycles. The van der Waals surface area contributed by atoms with Gasteiger partial charge in [-0.2, -0.15) is 0 Å². The van der Waals surface area contributed by atoms with Gasteiger partial charge in [0.05, 0.1) is 0 Å². The van der Waals surface area contributed by atoms with Gasteiger partial charge in [0.25, 0.3) is 0 Å². The molecular weight excluding hydrogens is 200 g/mol. The van der Waals surface area contributed by atoms with Crippen LogP contribution in [0.2, 0.25) is 0 Å². The average Bonchev–Trinajstić information content (AvgIpc) is 2.34. The van der Waals surface area contributed by atoms with Crippen LogP contribution < -0.4 is 0 Å². The Labute approximate surface area is 97.6 Å². The van der Waals surface area contributed by atoms with Crippen LogP contribution >= 0.6 is 0 Å². The maximum Gasteiger partial charge on any atom is 0.162 e. The number of ether oxygens (including phenoxy) is 1. The van der Waals surface area contributed by atoms with Gasteiger partial charge in [0.1, 0.15) is 0 Å². The molecule has 0 aliphatic carbocycles. The number of rotatable bonds is 8. The summed E-state index contributed by atoms with van der Waals surface area (Å²) < 4.78 is 5.41. The highest BCUT2D eigenvalue weighted by Gasteiger charge is 2.03. The number of Topliss-reactive ketones (excluding diaryl/α,β-unsaturated/α-hetero) is 1. The van der Waals surface area contributed by atoms with E-state index in [-0.39, 0.29) is 5.78 Å². The first-order valence-corrected chi connectivity index (χ1v) is 6.00. The maximum atomic E-state index is 11.7. The van der Waals surface area contributed by atoms with E-state index >= 15 is 0 Å². The van der Waals surface area contributed by atoms with Crippen LogP contribution in [-0.4, -0.2) is 19.0 Å². The Hall–Kier alpha value is -1.15. The van der Waals surface area contributed by atoms with Crippen LogP contribution in [0.1, 0.15) is 43.0 Å². The molecule has 0 bridgehead atoms. The van der Waals surface area contributed by atoms with Gasteiger partial charge in [0.15, 0.2) is 5.78 Å². The molecule has 1 rings (SSSR count). The monoisotopic (exact) mass is 220 g/mol. The van der Waals surface area contributed by atoms with E-state index in [1.54, 1.807) is 0 Å². The molecule has 0 saturated carbocycles. The number of unbranched alkanes of at least 4 members (excludes halogenated alkanes) is 1. The van der Waals surface area contributed by atoms with Gasteiger partial charge < -0.3 is 4.74 Å². The van der Waals surface area contributed by atoms with Crippen LogP contribution in [-0.2, 0) is 4.74 Å². The molecule has 0 aliphatic heterocycles. The summed E-state index contributed by atoms with van der Waals surface area (Å²) in [5.41, 5.74) is 0.802. The summed E-state index contributed by atoms with van der Waals surface area (Å²) in [6.07, 6.45) is 3.66. The first-order chi connectivity index (χ1) is 7.84. The lowest BCUT2D eigenvalue weighted by Gasteiger charge is -2.03. The van der Waals surface area contributed by atoms with Crippen molar-refractivity contribution in [2.75, 3.05) is 13.2 Å². The van der Waals surface area contributed by atoms with E-state index in [1.165, 1.54) is 0 Å². The zero-order valence-corrected chi connectivity index (χ0v) is 9.95. The quantitative estimate of drug-likeness (QED) is 0.495. The predicted octanol–water partition coefficient (Wildman–Crippen LogP) is 3.47. The molecule has 0 fully saturated rings. The Morgan fingerprint density at radius 2 is 1.81 bits per heavy atom. The smallest absolute Gasteiger partial charge is 0.162 e. The van der Waals surface area contributed by atoms with Crippen LogP contribution in [0.25, 0.3) is 0 Å². The molecule has 0 aliphatic rings. The topological polar surface area (TPSA) is 26.3 Å². The van der Waals surface area contributed by atoms with E-state index < -0.39 is 0 Å².